The molecule has 0 unspecified atom stereocenters. The molecule has 0 N–H and O–H groups in total. The van der Waals surface area contributed by atoms with Crippen molar-refractivity contribution < 1.29 is 21.6 Å². The molecule has 0 aliphatic rings. The van der Waals surface area contributed by atoms with Crippen LogP contribution in [0, 0.1) is 0 Å². The van der Waals surface area contributed by atoms with Gasteiger partial charge < -0.3 is 0 Å². The molecular formula is C26H24F3NO2S. The van der Waals surface area contributed by atoms with Crippen LogP contribution in [0.1, 0.15) is 43.2 Å². The SMILES string of the molecule is CC(C)(C)c1cccc(S(=O)(=O)n2c(Cc3ccccc3)cc3cc(C(F)(F)F)ccc32)c1. The van der Waals surface area contributed by atoms with Crippen molar-refractivity contribution in [2.75, 3.05) is 0 Å². The van der Waals surface area contributed by atoms with Crippen LogP contribution >= 0.6 is 0 Å². The number of nitrogens with zero attached hydrogens (tertiary/aromatic N) is 1. The van der Waals surface area contributed by atoms with Crippen LogP contribution in [0.5, 0.6) is 0 Å². The number of aromatic nitrogens is 1. The molecule has 0 saturated carbocycles. The maximum absolute atomic E-state index is 13.8. The fourth-order valence-corrected chi connectivity index (χ4v) is 5.45. The van der Waals surface area contributed by atoms with E-state index in [1.807, 2.05) is 57.2 Å². The van der Waals surface area contributed by atoms with Gasteiger partial charge in [0.2, 0.25) is 0 Å². The Hall–Kier alpha value is -3.06. The second-order valence-corrected chi connectivity index (χ2v) is 10.9. The second kappa shape index (κ2) is 8.06. The van der Waals surface area contributed by atoms with E-state index in [4.69, 9.17) is 0 Å². The average molecular weight is 472 g/mol. The number of hydrogen-bond acceptors (Lipinski definition) is 2. The number of rotatable bonds is 4. The van der Waals surface area contributed by atoms with E-state index in [9.17, 15) is 21.6 Å². The number of fused-ring (bicyclic) bond motifs is 1. The summed E-state index contributed by atoms with van der Waals surface area (Å²) in [6.45, 7) is 5.97. The first kappa shape index (κ1) is 23.1. The van der Waals surface area contributed by atoms with Gasteiger partial charge in [-0.1, -0.05) is 63.2 Å². The van der Waals surface area contributed by atoms with Crippen molar-refractivity contribution in [3.63, 3.8) is 0 Å². The Labute approximate surface area is 191 Å². The van der Waals surface area contributed by atoms with E-state index < -0.39 is 21.8 Å². The first-order chi connectivity index (χ1) is 15.4. The van der Waals surface area contributed by atoms with Crippen LogP contribution in [0.2, 0.25) is 0 Å². The lowest BCUT2D eigenvalue weighted by Crippen LogP contribution is -2.18. The normalized spacial score (nSPS) is 12.9. The quantitative estimate of drug-likeness (QED) is 0.329. The topological polar surface area (TPSA) is 39.1 Å². The number of halogens is 3. The third kappa shape index (κ3) is 4.55. The molecule has 3 aromatic carbocycles. The maximum Gasteiger partial charge on any atom is 0.416 e. The molecule has 0 atom stereocenters. The zero-order valence-electron chi connectivity index (χ0n) is 18.5. The molecule has 0 radical (unpaired) electrons. The molecule has 0 aliphatic heterocycles. The molecule has 0 amide bonds. The van der Waals surface area contributed by atoms with E-state index >= 15 is 0 Å². The van der Waals surface area contributed by atoms with Crippen LogP contribution in [-0.4, -0.2) is 12.4 Å². The van der Waals surface area contributed by atoms with Gasteiger partial charge in [0.05, 0.1) is 16.0 Å². The summed E-state index contributed by atoms with van der Waals surface area (Å²) in [5.74, 6) is 0. The van der Waals surface area contributed by atoms with E-state index in [2.05, 4.69) is 0 Å². The van der Waals surface area contributed by atoms with E-state index in [0.29, 0.717) is 5.69 Å². The van der Waals surface area contributed by atoms with Gasteiger partial charge in [0.25, 0.3) is 10.0 Å². The summed E-state index contributed by atoms with van der Waals surface area (Å²) in [5.41, 5.74) is 1.25. The lowest BCUT2D eigenvalue weighted by molar-refractivity contribution is -0.137. The fraction of sp³-hybridized carbons (Fsp3) is 0.231. The number of hydrogen-bond donors (Lipinski definition) is 0. The highest BCUT2D eigenvalue weighted by atomic mass is 32.2. The molecule has 1 aromatic heterocycles. The van der Waals surface area contributed by atoms with Gasteiger partial charge in [-0.05, 0) is 52.9 Å². The molecule has 0 bridgehead atoms. The molecule has 7 heteroatoms. The predicted molar refractivity (Wildman–Crippen MR) is 124 cm³/mol. The van der Waals surface area contributed by atoms with Crippen molar-refractivity contribution in [2.45, 2.75) is 43.7 Å². The summed E-state index contributed by atoms with van der Waals surface area (Å²) in [6, 6.07) is 20.6. The Balaban J connectivity index is 1.95. The molecule has 3 nitrogen and oxygen atoms in total. The summed E-state index contributed by atoms with van der Waals surface area (Å²) in [7, 11) is -4.07. The summed E-state index contributed by atoms with van der Waals surface area (Å²) in [4.78, 5) is 0.0987. The van der Waals surface area contributed by atoms with Crippen molar-refractivity contribution in [3.05, 3.63) is 101 Å². The largest absolute Gasteiger partial charge is 0.416 e. The van der Waals surface area contributed by atoms with Gasteiger partial charge in [0.1, 0.15) is 0 Å². The van der Waals surface area contributed by atoms with Crippen molar-refractivity contribution in [2.24, 2.45) is 0 Å². The Morgan fingerprint density at radius 2 is 1.48 bits per heavy atom. The number of benzene rings is 3. The van der Waals surface area contributed by atoms with E-state index in [0.717, 1.165) is 23.3 Å². The van der Waals surface area contributed by atoms with Gasteiger partial charge in [0, 0.05) is 17.5 Å². The van der Waals surface area contributed by atoms with Crippen molar-refractivity contribution in [1.82, 2.24) is 3.97 Å². The van der Waals surface area contributed by atoms with Crippen LogP contribution in [0.3, 0.4) is 0 Å². The van der Waals surface area contributed by atoms with Gasteiger partial charge in [0.15, 0.2) is 0 Å². The fourth-order valence-electron chi connectivity index (χ4n) is 3.86. The average Bonchev–Trinajstić information content (AvgIpc) is 3.11. The van der Waals surface area contributed by atoms with Crippen LogP contribution < -0.4 is 0 Å². The zero-order valence-corrected chi connectivity index (χ0v) is 19.3. The van der Waals surface area contributed by atoms with Crippen LogP contribution in [0.4, 0.5) is 13.2 Å². The van der Waals surface area contributed by atoms with Gasteiger partial charge in [-0.15, -0.1) is 0 Å². The Bertz CT molecular complexity index is 1410. The molecule has 4 rings (SSSR count). The molecule has 33 heavy (non-hydrogen) atoms. The second-order valence-electron chi connectivity index (χ2n) is 9.12. The van der Waals surface area contributed by atoms with Gasteiger partial charge >= 0.3 is 6.18 Å². The Morgan fingerprint density at radius 1 is 0.788 bits per heavy atom. The van der Waals surface area contributed by atoms with Crippen LogP contribution in [0.25, 0.3) is 10.9 Å². The standard InChI is InChI=1S/C26H24F3NO2S/c1-25(2,3)20-10-7-11-23(17-20)33(31,32)30-22(14-18-8-5-4-6-9-18)16-19-15-21(26(27,28)29)12-13-24(19)30/h4-13,15-17H,14H2,1-3H3. The third-order valence-corrected chi connectivity index (χ3v) is 7.38. The zero-order chi connectivity index (χ0) is 24.0. The summed E-state index contributed by atoms with van der Waals surface area (Å²) in [5, 5.41) is 0.228. The van der Waals surface area contributed by atoms with Crippen LogP contribution in [0.15, 0.2) is 83.8 Å². The molecule has 0 fully saturated rings. The van der Waals surface area contributed by atoms with Gasteiger partial charge in [-0.25, -0.2) is 12.4 Å². The number of alkyl halides is 3. The third-order valence-electron chi connectivity index (χ3n) is 5.62. The molecule has 4 aromatic rings. The lowest BCUT2D eigenvalue weighted by atomic mass is 9.87. The van der Waals surface area contributed by atoms with E-state index in [1.54, 1.807) is 12.1 Å². The maximum atomic E-state index is 13.8. The highest BCUT2D eigenvalue weighted by Gasteiger charge is 2.32. The highest BCUT2D eigenvalue weighted by Crippen LogP contribution is 2.35. The molecule has 0 spiro atoms. The molecule has 172 valence electrons. The minimum absolute atomic E-state index is 0.0987. The van der Waals surface area contributed by atoms with Gasteiger partial charge in [-0.2, -0.15) is 13.2 Å². The smallest absolute Gasteiger partial charge is 0.238 e. The first-order valence-corrected chi connectivity index (χ1v) is 11.9. The van der Waals surface area contributed by atoms with E-state index in [1.165, 1.54) is 22.2 Å². The molecule has 0 aliphatic carbocycles. The summed E-state index contributed by atoms with van der Waals surface area (Å²) in [6.07, 6.45) is -4.26. The van der Waals surface area contributed by atoms with Gasteiger partial charge in [-0.3, -0.25) is 0 Å². The van der Waals surface area contributed by atoms with E-state index in [-0.39, 0.29) is 27.6 Å². The molecular weight excluding hydrogens is 447 g/mol. The van der Waals surface area contributed by atoms with Crippen LogP contribution in [-0.2, 0) is 28.0 Å². The molecule has 0 saturated heterocycles. The molecule has 1 heterocycles. The first-order valence-electron chi connectivity index (χ1n) is 10.5. The predicted octanol–water partition coefficient (Wildman–Crippen LogP) is 6.79. The van der Waals surface area contributed by atoms with Crippen molar-refractivity contribution >= 4 is 20.9 Å². The lowest BCUT2D eigenvalue weighted by Gasteiger charge is -2.20. The minimum atomic E-state index is -4.52. The summed E-state index contributed by atoms with van der Waals surface area (Å²) < 4.78 is 68.7. The van der Waals surface area contributed by atoms with Crippen molar-refractivity contribution in [3.8, 4) is 0 Å². The monoisotopic (exact) mass is 471 g/mol. The minimum Gasteiger partial charge on any atom is -0.238 e. The van der Waals surface area contributed by atoms with Crippen molar-refractivity contribution in [1.29, 1.82) is 0 Å². The summed E-state index contributed by atoms with van der Waals surface area (Å²) >= 11 is 0. The Kier molecular flexibility index (Phi) is 5.65. The highest BCUT2D eigenvalue weighted by molar-refractivity contribution is 7.90. The Morgan fingerprint density at radius 3 is 2.12 bits per heavy atom.